The third-order valence-corrected chi connectivity index (χ3v) is 3.29. The van der Waals surface area contributed by atoms with Gasteiger partial charge in [0.25, 0.3) is 0 Å². The zero-order valence-corrected chi connectivity index (χ0v) is 7.47. The number of hydrogen-bond acceptors (Lipinski definition) is 3. The molecule has 0 unspecified atom stereocenters. The van der Waals surface area contributed by atoms with Gasteiger partial charge in [-0.1, -0.05) is 19.1 Å². The van der Waals surface area contributed by atoms with Gasteiger partial charge in [0.15, 0.2) is 0 Å². The molecule has 3 heteroatoms. The minimum Gasteiger partial charge on any atom is -0.395 e. The van der Waals surface area contributed by atoms with Gasteiger partial charge >= 0.3 is 12.4 Å². The highest BCUT2D eigenvalue weighted by molar-refractivity contribution is 5.80. The molecule has 0 aromatic rings. The van der Waals surface area contributed by atoms with Crippen molar-refractivity contribution in [3.63, 3.8) is 0 Å². The Kier molecular flexibility index (Phi) is 1.94. The number of carbonyl (C=O) groups is 2. The normalized spacial score (nSPS) is 40.7. The predicted molar refractivity (Wildman–Crippen MR) is 45.5 cm³/mol. The molecule has 0 saturated heterocycles. The molecule has 1 saturated carbocycles. The van der Waals surface area contributed by atoms with E-state index in [2.05, 4.69) is 16.9 Å². The second-order valence-corrected chi connectivity index (χ2v) is 3.87. The highest BCUT2D eigenvalue weighted by Crippen LogP contribution is 2.47. The summed E-state index contributed by atoms with van der Waals surface area (Å²) in [5.41, 5.74) is 0. The lowest BCUT2D eigenvalue weighted by atomic mass is 9.84. The molecule has 2 bridgehead atoms. The van der Waals surface area contributed by atoms with Crippen molar-refractivity contribution < 1.29 is 14.3 Å². The molecule has 0 N–H and O–H groups in total. The first-order valence-electron chi connectivity index (χ1n) is 4.56. The molecule has 13 heavy (non-hydrogen) atoms. The molecule has 2 aliphatic rings. The standard InChI is InChI=1S/C10H12O3/c1-6-7-2-3-8(4-7)9(6)10(12)13-5-11/h2-3,5-9H,4H2,1H3/t6-,7-,8+,9-/m1/s1. The number of allylic oxidation sites excluding steroid dienone is 2. The smallest absolute Gasteiger partial charge is 0.317 e. The topological polar surface area (TPSA) is 43.4 Å². The Morgan fingerprint density at radius 3 is 2.69 bits per heavy atom. The van der Waals surface area contributed by atoms with E-state index >= 15 is 0 Å². The maximum absolute atomic E-state index is 11.4. The van der Waals surface area contributed by atoms with Crippen molar-refractivity contribution in [3.8, 4) is 0 Å². The van der Waals surface area contributed by atoms with Crippen LogP contribution in [0.3, 0.4) is 0 Å². The van der Waals surface area contributed by atoms with Gasteiger partial charge in [0, 0.05) is 0 Å². The number of fused-ring (bicyclic) bond motifs is 2. The summed E-state index contributed by atoms with van der Waals surface area (Å²) in [5, 5.41) is 0. The molecule has 0 radical (unpaired) electrons. The lowest BCUT2D eigenvalue weighted by Gasteiger charge is -2.21. The van der Waals surface area contributed by atoms with E-state index in [0.717, 1.165) is 6.42 Å². The fourth-order valence-electron chi connectivity index (χ4n) is 2.58. The zero-order valence-electron chi connectivity index (χ0n) is 7.47. The zero-order chi connectivity index (χ0) is 9.42. The van der Waals surface area contributed by atoms with Crippen molar-refractivity contribution in [3.05, 3.63) is 12.2 Å². The number of esters is 1. The van der Waals surface area contributed by atoms with Crippen LogP contribution in [0.2, 0.25) is 0 Å². The molecule has 0 aromatic carbocycles. The molecule has 0 aliphatic heterocycles. The Balaban J connectivity index is 2.12. The van der Waals surface area contributed by atoms with Gasteiger partial charge in [-0.15, -0.1) is 0 Å². The summed E-state index contributed by atoms with van der Waals surface area (Å²) in [6.07, 6.45) is 5.28. The van der Waals surface area contributed by atoms with Crippen LogP contribution in [0.15, 0.2) is 12.2 Å². The average Bonchev–Trinajstić information content (AvgIpc) is 2.63. The van der Waals surface area contributed by atoms with Gasteiger partial charge in [-0.25, -0.2) is 0 Å². The fourth-order valence-corrected chi connectivity index (χ4v) is 2.58. The first-order valence-corrected chi connectivity index (χ1v) is 4.56. The van der Waals surface area contributed by atoms with Crippen LogP contribution in [0.5, 0.6) is 0 Å². The van der Waals surface area contributed by atoms with E-state index in [-0.39, 0.29) is 18.4 Å². The van der Waals surface area contributed by atoms with Gasteiger partial charge in [-0.3, -0.25) is 9.59 Å². The van der Waals surface area contributed by atoms with Crippen molar-refractivity contribution >= 4 is 12.4 Å². The molecule has 4 atom stereocenters. The largest absolute Gasteiger partial charge is 0.395 e. The number of carbonyl (C=O) groups excluding carboxylic acids is 2. The van der Waals surface area contributed by atoms with Crippen LogP contribution in [-0.2, 0) is 14.3 Å². The summed E-state index contributed by atoms with van der Waals surface area (Å²) < 4.78 is 4.40. The third-order valence-electron chi connectivity index (χ3n) is 3.29. The molecular formula is C10H12O3. The summed E-state index contributed by atoms with van der Waals surface area (Å²) in [6, 6.07) is 0. The highest BCUT2D eigenvalue weighted by Gasteiger charge is 2.46. The molecular weight excluding hydrogens is 168 g/mol. The molecule has 3 nitrogen and oxygen atoms in total. The van der Waals surface area contributed by atoms with E-state index < -0.39 is 0 Å². The van der Waals surface area contributed by atoms with E-state index in [9.17, 15) is 9.59 Å². The van der Waals surface area contributed by atoms with Crippen LogP contribution >= 0.6 is 0 Å². The molecule has 2 rings (SSSR count). The summed E-state index contributed by atoms with van der Waals surface area (Å²) in [5.74, 6) is 0.670. The number of rotatable bonds is 2. The number of ether oxygens (including phenoxy) is 1. The Morgan fingerprint density at radius 1 is 1.46 bits per heavy atom. The van der Waals surface area contributed by atoms with Crippen LogP contribution in [0.1, 0.15) is 13.3 Å². The van der Waals surface area contributed by atoms with E-state index in [1.165, 1.54) is 0 Å². The first kappa shape index (κ1) is 8.48. The van der Waals surface area contributed by atoms with Crippen molar-refractivity contribution in [2.24, 2.45) is 23.7 Å². The minimum absolute atomic E-state index is 0.0970. The Bertz CT molecular complexity index is 269. The minimum atomic E-state index is -0.362. The van der Waals surface area contributed by atoms with E-state index in [1.54, 1.807) is 0 Å². The predicted octanol–water partition coefficient (Wildman–Crippen LogP) is 1.14. The molecule has 0 spiro atoms. The van der Waals surface area contributed by atoms with Crippen molar-refractivity contribution in [2.75, 3.05) is 0 Å². The molecule has 0 aromatic heterocycles. The SMILES string of the molecule is C[C@H]1[C@@H](C(=O)OC=O)[C@H]2C=C[C@@H]1C2. The quantitative estimate of drug-likeness (QED) is 0.277. The van der Waals surface area contributed by atoms with Gasteiger partial charge in [0.1, 0.15) is 0 Å². The maximum Gasteiger partial charge on any atom is 0.317 e. The fraction of sp³-hybridized carbons (Fsp3) is 0.600. The second kappa shape index (κ2) is 2.98. The Morgan fingerprint density at radius 2 is 2.15 bits per heavy atom. The van der Waals surface area contributed by atoms with Gasteiger partial charge < -0.3 is 4.74 Å². The van der Waals surface area contributed by atoms with Crippen LogP contribution in [-0.4, -0.2) is 12.4 Å². The molecule has 0 heterocycles. The van der Waals surface area contributed by atoms with Crippen molar-refractivity contribution in [2.45, 2.75) is 13.3 Å². The Hall–Kier alpha value is -1.12. The van der Waals surface area contributed by atoms with Gasteiger partial charge in [-0.05, 0) is 24.2 Å². The molecule has 0 amide bonds. The van der Waals surface area contributed by atoms with E-state index in [1.807, 2.05) is 6.92 Å². The summed E-state index contributed by atoms with van der Waals surface area (Å²) >= 11 is 0. The maximum atomic E-state index is 11.4. The van der Waals surface area contributed by atoms with Crippen LogP contribution in [0.25, 0.3) is 0 Å². The summed E-state index contributed by atoms with van der Waals surface area (Å²) in [7, 11) is 0. The van der Waals surface area contributed by atoms with Crippen molar-refractivity contribution in [1.29, 1.82) is 0 Å². The average molecular weight is 180 g/mol. The molecule has 1 fully saturated rings. The van der Waals surface area contributed by atoms with Crippen molar-refractivity contribution in [1.82, 2.24) is 0 Å². The van der Waals surface area contributed by atoms with Gasteiger partial charge in [0.2, 0.25) is 0 Å². The summed E-state index contributed by atoms with van der Waals surface area (Å²) in [6.45, 7) is 2.27. The van der Waals surface area contributed by atoms with Gasteiger partial charge in [-0.2, -0.15) is 0 Å². The first-order chi connectivity index (χ1) is 6.24. The van der Waals surface area contributed by atoms with Crippen LogP contribution in [0.4, 0.5) is 0 Å². The van der Waals surface area contributed by atoms with E-state index in [0.29, 0.717) is 17.8 Å². The van der Waals surface area contributed by atoms with E-state index in [4.69, 9.17) is 0 Å². The monoisotopic (exact) mass is 180 g/mol. The lowest BCUT2D eigenvalue weighted by Crippen LogP contribution is -2.27. The molecule has 2 aliphatic carbocycles. The lowest BCUT2D eigenvalue weighted by molar-refractivity contribution is -0.156. The molecule has 70 valence electrons. The van der Waals surface area contributed by atoms with Gasteiger partial charge in [0.05, 0.1) is 5.92 Å². The number of hydrogen-bond donors (Lipinski definition) is 0. The second-order valence-electron chi connectivity index (χ2n) is 3.87. The van der Waals surface area contributed by atoms with Crippen LogP contribution < -0.4 is 0 Å². The Labute approximate surface area is 76.8 Å². The van der Waals surface area contributed by atoms with Crippen LogP contribution in [0, 0.1) is 23.7 Å². The highest BCUT2D eigenvalue weighted by atomic mass is 16.6. The summed E-state index contributed by atoms with van der Waals surface area (Å²) in [4.78, 5) is 21.4. The third kappa shape index (κ3) is 1.19.